The van der Waals surface area contributed by atoms with Gasteiger partial charge in [0.15, 0.2) is 5.76 Å². The van der Waals surface area contributed by atoms with Crippen LogP contribution in [0.4, 0.5) is 10.5 Å². The van der Waals surface area contributed by atoms with E-state index < -0.39 is 0 Å². The molecule has 3 heterocycles. The minimum atomic E-state index is -0.0897. The van der Waals surface area contributed by atoms with Crippen molar-refractivity contribution in [2.24, 2.45) is 0 Å². The Morgan fingerprint density at radius 3 is 2.69 bits per heavy atom. The van der Waals surface area contributed by atoms with Crippen LogP contribution in [0.15, 0.2) is 47.1 Å². The van der Waals surface area contributed by atoms with Crippen LogP contribution in [0.1, 0.15) is 43.4 Å². The number of hydrogen-bond donors (Lipinski definition) is 3. The highest BCUT2D eigenvalue weighted by atomic mass is 16.3. The standard InChI is InChI=1S/C21H27N3O2/c1-15-5-2-6-16(11-15)22-21(25)23-17-12-18-7-3-8-19(13-17)24(18)14-20-9-4-10-26-20/h2,4-6,9-11,17-19H,3,7-8,12-14H2,1H3,(H2,22,23,25)/p+1/t17?,18-,19+. The molecule has 4 rings (SSSR count). The number of quaternary nitrogens is 1. The van der Waals surface area contributed by atoms with Gasteiger partial charge in [-0.2, -0.15) is 0 Å². The maximum atomic E-state index is 12.4. The van der Waals surface area contributed by atoms with E-state index in [1.807, 2.05) is 37.3 Å². The number of anilines is 1. The number of furan rings is 1. The first-order valence-corrected chi connectivity index (χ1v) is 9.69. The van der Waals surface area contributed by atoms with Crippen LogP contribution in [0.5, 0.6) is 0 Å². The van der Waals surface area contributed by atoms with Crippen molar-refractivity contribution in [3.05, 3.63) is 54.0 Å². The normalized spacial score (nSPS) is 27.7. The summed E-state index contributed by atoms with van der Waals surface area (Å²) >= 11 is 0. The van der Waals surface area contributed by atoms with Crippen molar-refractivity contribution in [1.82, 2.24) is 5.32 Å². The maximum Gasteiger partial charge on any atom is 0.319 e. The number of amides is 2. The molecule has 1 aromatic heterocycles. The smallest absolute Gasteiger partial charge is 0.319 e. The molecular formula is C21H28N3O2+. The molecule has 2 fully saturated rings. The Morgan fingerprint density at radius 2 is 2.00 bits per heavy atom. The number of urea groups is 1. The van der Waals surface area contributed by atoms with Crippen LogP contribution in [0.2, 0.25) is 0 Å². The number of piperidine rings is 2. The van der Waals surface area contributed by atoms with Gasteiger partial charge < -0.3 is 20.0 Å². The molecule has 2 saturated heterocycles. The van der Waals surface area contributed by atoms with Crippen LogP contribution in [0.3, 0.4) is 0 Å². The van der Waals surface area contributed by atoms with E-state index in [-0.39, 0.29) is 12.1 Å². The molecular weight excluding hydrogens is 326 g/mol. The number of aryl methyl sites for hydroxylation is 1. The number of rotatable bonds is 4. The van der Waals surface area contributed by atoms with Crippen molar-refractivity contribution in [1.29, 1.82) is 0 Å². The van der Waals surface area contributed by atoms with Crippen molar-refractivity contribution >= 4 is 11.7 Å². The molecule has 0 radical (unpaired) electrons. The highest BCUT2D eigenvalue weighted by Crippen LogP contribution is 2.23. The van der Waals surface area contributed by atoms with Crippen LogP contribution in [0.25, 0.3) is 0 Å². The van der Waals surface area contributed by atoms with E-state index in [9.17, 15) is 4.79 Å². The monoisotopic (exact) mass is 354 g/mol. The van der Waals surface area contributed by atoms with E-state index in [0.29, 0.717) is 12.1 Å². The van der Waals surface area contributed by atoms with Gasteiger partial charge in [-0.3, -0.25) is 0 Å². The summed E-state index contributed by atoms with van der Waals surface area (Å²) in [5, 5.41) is 6.18. The second-order valence-electron chi connectivity index (χ2n) is 7.79. The lowest BCUT2D eigenvalue weighted by atomic mass is 9.81. The van der Waals surface area contributed by atoms with Crippen LogP contribution in [-0.4, -0.2) is 24.2 Å². The molecule has 3 N–H and O–H groups in total. The van der Waals surface area contributed by atoms with E-state index in [4.69, 9.17) is 4.42 Å². The number of hydrogen-bond acceptors (Lipinski definition) is 2. The van der Waals surface area contributed by atoms with Gasteiger partial charge in [-0.05, 0) is 56.0 Å². The van der Waals surface area contributed by atoms with Crippen molar-refractivity contribution in [2.75, 3.05) is 5.32 Å². The molecule has 1 aromatic carbocycles. The van der Waals surface area contributed by atoms with Crippen LogP contribution >= 0.6 is 0 Å². The van der Waals surface area contributed by atoms with Gasteiger partial charge in [0.1, 0.15) is 6.54 Å². The maximum absolute atomic E-state index is 12.4. The lowest BCUT2D eigenvalue weighted by Crippen LogP contribution is -3.20. The van der Waals surface area contributed by atoms with Gasteiger partial charge in [-0.15, -0.1) is 0 Å². The molecule has 5 nitrogen and oxygen atoms in total. The fourth-order valence-corrected chi connectivity index (χ4v) is 4.73. The van der Waals surface area contributed by atoms with Crippen LogP contribution < -0.4 is 15.5 Å². The Morgan fingerprint density at radius 1 is 1.19 bits per heavy atom. The zero-order valence-electron chi connectivity index (χ0n) is 15.3. The number of carbonyl (C=O) groups excluding carboxylic acids is 1. The molecule has 26 heavy (non-hydrogen) atoms. The predicted molar refractivity (Wildman–Crippen MR) is 101 cm³/mol. The fourth-order valence-electron chi connectivity index (χ4n) is 4.73. The topological polar surface area (TPSA) is 58.7 Å². The van der Waals surface area contributed by atoms with Crippen molar-refractivity contribution in [3.63, 3.8) is 0 Å². The van der Waals surface area contributed by atoms with E-state index in [0.717, 1.165) is 36.4 Å². The minimum absolute atomic E-state index is 0.0897. The largest absolute Gasteiger partial charge is 0.463 e. The highest BCUT2D eigenvalue weighted by molar-refractivity contribution is 5.89. The molecule has 0 spiro atoms. The summed E-state index contributed by atoms with van der Waals surface area (Å²) in [4.78, 5) is 14.0. The average molecular weight is 354 g/mol. The Balaban J connectivity index is 1.35. The number of nitrogens with one attached hydrogen (secondary N) is 3. The first-order valence-electron chi connectivity index (χ1n) is 9.69. The highest BCUT2D eigenvalue weighted by Gasteiger charge is 2.42. The van der Waals surface area contributed by atoms with Gasteiger partial charge in [0.2, 0.25) is 0 Å². The summed E-state index contributed by atoms with van der Waals surface area (Å²) in [5.74, 6) is 1.07. The molecule has 5 heteroatoms. The minimum Gasteiger partial charge on any atom is -0.463 e. The van der Waals surface area contributed by atoms with Gasteiger partial charge in [0.25, 0.3) is 0 Å². The molecule has 2 aromatic rings. The van der Waals surface area contributed by atoms with Crippen molar-refractivity contribution in [3.8, 4) is 0 Å². The predicted octanol–water partition coefficient (Wildman–Crippen LogP) is 2.88. The summed E-state index contributed by atoms with van der Waals surface area (Å²) in [6, 6.07) is 13.3. The lowest BCUT2D eigenvalue weighted by Gasteiger charge is -2.45. The summed E-state index contributed by atoms with van der Waals surface area (Å²) in [6.07, 6.45) is 7.64. The molecule has 2 aliphatic heterocycles. The van der Waals surface area contributed by atoms with Gasteiger partial charge in [-0.25, -0.2) is 4.79 Å². The Labute approximate surface area is 154 Å². The Hall–Kier alpha value is -2.27. The molecule has 0 aliphatic carbocycles. The summed E-state index contributed by atoms with van der Waals surface area (Å²) in [5.41, 5.74) is 2.00. The molecule has 2 unspecified atom stereocenters. The number of carbonyl (C=O) groups is 1. The Kier molecular flexibility index (Phi) is 4.98. The zero-order valence-corrected chi connectivity index (χ0v) is 15.3. The van der Waals surface area contributed by atoms with E-state index in [2.05, 4.69) is 16.7 Å². The first kappa shape index (κ1) is 17.2. The summed E-state index contributed by atoms with van der Waals surface area (Å²) < 4.78 is 5.57. The van der Waals surface area contributed by atoms with Gasteiger partial charge >= 0.3 is 6.03 Å². The molecule has 2 bridgehead atoms. The van der Waals surface area contributed by atoms with Crippen molar-refractivity contribution < 1.29 is 14.1 Å². The third-order valence-corrected chi connectivity index (χ3v) is 5.86. The molecule has 2 aliphatic rings. The van der Waals surface area contributed by atoms with Crippen LogP contribution in [-0.2, 0) is 6.54 Å². The fraction of sp³-hybridized carbons (Fsp3) is 0.476. The van der Waals surface area contributed by atoms with E-state index in [1.54, 1.807) is 11.2 Å². The summed E-state index contributed by atoms with van der Waals surface area (Å²) in [7, 11) is 0. The van der Waals surface area contributed by atoms with Crippen LogP contribution in [0, 0.1) is 6.92 Å². The van der Waals surface area contributed by atoms with Gasteiger partial charge in [-0.1, -0.05) is 12.1 Å². The van der Waals surface area contributed by atoms with E-state index in [1.165, 1.54) is 19.3 Å². The zero-order chi connectivity index (χ0) is 17.9. The number of fused-ring (bicyclic) bond motifs is 2. The second-order valence-corrected chi connectivity index (χ2v) is 7.79. The summed E-state index contributed by atoms with van der Waals surface area (Å²) in [6.45, 7) is 2.99. The number of benzene rings is 1. The third-order valence-electron chi connectivity index (χ3n) is 5.86. The molecule has 138 valence electrons. The first-order chi connectivity index (χ1) is 12.7. The average Bonchev–Trinajstić information content (AvgIpc) is 3.08. The second kappa shape index (κ2) is 7.54. The lowest BCUT2D eigenvalue weighted by molar-refractivity contribution is -0.974. The molecule has 0 saturated carbocycles. The van der Waals surface area contributed by atoms with Gasteiger partial charge in [0, 0.05) is 24.6 Å². The van der Waals surface area contributed by atoms with Gasteiger partial charge in [0.05, 0.1) is 18.3 Å². The Bertz CT molecular complexity index is 729. The van der Waals surface area contributed by atoms with Crippen molar-refractivity contribution in [2.45, 2.75) is 63.7 Å². The van der Waals surface area contributed by atoms with E-state index >= 15 is 0 Å². The quantitative estimate of drug-likeness (QED) is 0.791. The SMILES string of the molecule is Cc1cccc(NC(=O)NC2C[C@H]3CCC[C@@H](C2)[NH+]3Cc2ccco2)c1. The molecule has 4 atom stereocenters. The molecule has 2 amide bonds. The third kappa shape index (κ3) is 3.93.